The molecule has 1 fully saturated rings. The Bertz CT molecular complexity index is 384. The highest BCUT2D eigenvalue weighted by atomic mass is 16.2. The van der Waals surface area contributed by atoms with Gasteiger partial charge in [-0.25, -0.2) is 4.98 Å². The van der Waals surface area contributed by atoms with E-state index in [9.17, 15) is 4.79 Å². The maximum atomic E-state index is 11.8. The fraction of sp³-hybridized carbons (Fsp3) is 0.750. The van der Waals surface area contributed by atoms with Crippen LogP contribution in [0.15, 0.2) is 0 Å². The Kier molecular flexibility index (Phi) is 3.76. The van der Waals surface area contributed by atoms with Crippen LogP contribution in [-0.2, 0) is 6.42 Å². The molecule has 17 heavy (non-hydrogen) atoms. The minimum atomic E-state index is -0.170. The van der Waals surface area contributed by atoms with Crippen molar-refractivity contribution in [3.05, 3.63) is 11.6 Å². The molecule has 1 amide bonds. The van der Waals surface area contributed by atoms with E-state index in [-0.39, 0.29) is 17.8 Å². The SMILES string of the molecule is CCCc1nc(C(=O)NC(C)CC2CC2)n[nH]1. The minimum absolute atomic E-state index is 0.170. The van der Waals surface area contributed by atoms with Crippen molar-refractivity contribution in [3.63, 3.8) is 0 Å². The lowest BCUT2D eigenvalue weighted by molar-refractivity contribution is 0.0927. The number of rotatable bonds is 6. The number of carbonyl (C=O) groups is 1. The highest BCUT2D eigenvalue weighted by Gasteiger charge is 2.25. The first kappa shape index (κ1) is 12.1. The van der Waals surface area contributed by atoms with Gasteiger partial charge in [0.25, 0.3) is 5.91 Å². The first-order valence-corrected chi connectivity index (χ1v) is 6.41. The molecule has 2 N–H and O–H groups in total. The fourth-order valence-electron chi connectivity index (χ4n) is 1.95. The van der Waals surface area contributed by atoms with Crippen LogP contribution in [0.25, 0.3) is 0 Å². The highest BCUT2D eigenvalue weighted by Crippen LogP contribution is 2.33. The Morgan fingerprint density at radius 3 is 3.00 bits per heavy atom. The Hall–Kier alpha value is -1.39. The number of carbonyl (C=O) groups excluding carboxylic acids is 1. The number of H-pyrrole nitrogens is 1. The molecule has 0 spiro atoms. The maximum Gasteiger partial charge on any atom is 0.291 e. The van der Waals surface area contributed by atoms with Gasteiger partial charge in [-0.2, -0.15) is 0 Å². The second-order valence-electron chi connectivity index (χ2n) is 4.91. The van der Waals surface area contributed by atoms with E-state index < -0.39 is 0 Å². The maximum absolute atomic E-state index is 11.8. The number of amides is 1. The second-order valence-corrected chi connectivity index (χ2v) is 4.91. The standard InChI is InChI=1S/C12H20N4O/c1-3-4-10-14-11(16-15-10)12(17)13-8(2)7-9-5-6-9/h8-9H,3-7H2,1-2H3,(H,13,17)(H,14,15,16). The smallest absolute Gasteiger partial charge is 0.291 e. The third-order valence-corrected chi connectivity index (χ3v) is 2.98. The molecule has 0 aromatic carbocycles. The largest absolute Gasteiger partial charge is 0.347 e. The third kappa shape index (κ3) is 3.54. The van der Waals surface area contributed by atoms with Gasteiger partial charge in [-0.3, -0.25) is 9.89 Å². The van der Waals surface area contributed by atoms with Crippen LogP contribution >= 0.6 is 0 Å². The molecule has 1 saturated carbocycles. The van der Waals surface area contributed by atoms with E-state index in [2.05, 4.69) is 27.4 Å². The Labute approximate surface area is 101 Å². The average molecular weight is 236 g/mol. The van der Waals surface area contributed by atoms with Crippen LogP contribution in [0.2, 0.25) is 0 Å². The van der Waals surface area contributed by atoms with Gasteiger partial charge in [0.2, 0.25) is 5.82 Å². The predicted molar refractivity (Wildman–Crippen MR) is 64.6 cm³/mol. The predicted octanol–water partition coefficient (Wildman–Crippen LogP) is 1.68. The normalized spacial score (nSPS) is 16.8. The monoisotopic (exact) mass is 236 g/mol. The van der Waals surface area contributed by atoms with Crippen molar-refractivity contribution in [2.75, 3.05) is 0 Å². The third-order valence-electron chi connectivity index (χ3n) is 2.98. The van der Waals surface area contributed by atoms with E-state index in [0.717, 1.165) is 31.0 Å². The summed E-state index contributed by atoms with van der Waals surface area (Å²) in [6.07, 6.45) is 5.51. The second kappa shape index (κ2) is 5.29. The first-order valence-electron chi connectivity index (χ1n) is 6.41. The van der Waals surface area contributed by atoms with Crippen LogP contribution in [-0.4, -0.2) is 27.1 Å². The number of hydrogen-bond donors (Lipinski definition) is 2. The zero-order chi connectivity index (χ0) is 12.3. The molecular formula is C12H20N4O. The van der Waals surface area contributed by atoms with Crippen molar-refractivity contribution >= 4 is 5.91 Å². The van der Waals surface area contributed by atoms with Crippen LogP contribution in [0.1, 0.15) is 56.0 Å². The van der Waals surface area contributed by atoms with Crippen LogP contribution in [0.3, 0.4) is 0 Å². The van der Waals surface area contributed by atoms with E-state index in [1.165, 1.54) is 12.8 Å². The number of aromatic nitrogens is 3. The molecule has 1 aliphatic carbocycles. The highest BCUT2D eigenvalue weighted by molar-refractivity contribution is 5.90. The van der Waals surface area contributed by atoms with Crippen LogP contribution in [0, 0.1) is 5.92 Å². The Morgan fingerprint density at radius 1 is 1.59 bits per heavy atom. The lowest BCUT2D eigenvalue weighted by Crippen LogP contribution is -2.33. The van der Waals surface area contributed by atoms with E-state index in [4.69, 9.17) is 0 Å². The van der Waals surface area contributed by atoms with Gasteiger partial charge in [0.05, 0.1) is 0 Å². The van der Waals surface area contributed by atoms with Gasteiger partial charge in [-0.1, -0.05) is 19.8 Å². The summed E-state index contributed by atoms with van der Waals surface area (Å²) in [5.41, 5.74) is 0. The van der Waals surface area contributed by atoms with E-state index in [1.54, 1.807) is 0 Å². The van der Waals surface area contributed by atoms with Crippen molar-refractivity contribution < 1.29 is 4.79 Å². The summed E-state index contributed by atoms with van der Waals surface area (Å²) in [6.45, 7) is 4.11. The molecule has 1 unspecified atom stereocenters. The van der Waals surface area contributed by atoms with Crippen molar-refractivity contribution in [1.29, 1.82) is 0 Å². The molecule has 1 aromatic rings. The molecule has 94 valence electrons. The lowest BCUT2D eigenvalue weighted by atomic mass is 10.1. The molecule has 5 heteroatoms. The van der Waals surface area contributed by atoms with Gasteiger partial charge in [0, 0.05) is 12.5 Å². The summed E-state index contributed by atoms with van der Waals surface area (Å²) >= 11 is 0. The Balaban J connectivity index is 1.84. The summed E-state index contributed by atoms with van der Waals surface area (Å²) in [5.74, 6) is 1.69. The molecule has 2 rings (SSSR count). The summed E-state index contributed by atoms with van der Waals surface area (Å²) < 4.78 is 0. The Morgan fingerprint density at radius 2 is 2.35 bits per heavy atom. The van der Waals surface area contributed by atoms with Crippen molar-refractivity contribution in [2.45, 2.75) is 52.0 Å². The van der Waals surface area contributed by atoms with Crippen molar-refractivity contribution in [3.8, 4) is 0 Å². The van der Waals surface area contributed by atoms with E-state index in [1.807, 2.05) is 6.92 Å². The van der Waals surface area contributed by atoms with Gasteiger partial charge >= 0.3 is 0 Å². The van der Waals surface area contributed by atoms with E-state index >= 15 is 0 Å². The lowest BCUT2D eigenvalue weighted by Gasteiger charge is -2.11. The van der Waals surface area contributed by atoms with Gasteiger partial charge in [-0.05, 0) is 25.7 Å². The van der Waals surface area contributed by atoms with Gasteiger partial charge in [0.1, 0.15) is 5.82 Å². The molecule has 0 saturated heterocycles. The molecule has 1 aromatic heterocycles. The molecule has 0 aliphatic heterocycles. The van der Waals surface area contributed by atoms with Gasteiger partial charge in [-0.15, -0.1) is 5.10 Å². The van der Waals surface area contributed by atoms with E-state index in [0.29, 0.717) is 0 Å². The van der Waals surface area contributed by atoms with Crippen molar-refractivity contribution in [2.24, 2.45) is 5.92 Å². The summed E-state index contributed by atoms with van der Waals surface area (Å²) in [6, 6.07) is 0.211. The van der Waals surface area contributed by atoms with Gasteiger partial charge < -0.3 is 5.32 Å². The number of hydrogen-bond acceptors (Lipinski definition) is 3. The molecule has 1 heterocycles. The van der Waals surface area contributed by atoms with Gasteiger partial charge in [0.15, 0.2) is 0 Å². The quantitative estimate of drug-likeness (QED) is 0.789. The summed E-state index contributed by atoms with van der Waals surface area (Å²) in [4.78, 5) is 16.0. The molecule has 0 bridgehead atoms. The molecule has 5 nitrogen and oxygen atoms in total. The van der Waals surface area contributed by atoms with Crippen LogP contribution in [0.5, 0.6) is 0 Å². The van der Waals surface area contributed by atoms with Crippen LogP contribution < -0.4 is 5.32 Å². The molecular weight excluding hydrogens is 216 g/mol. The number of nitrogens with one attached hydrogen (secondary N) is 2. The zero-order valence-corrected chi connectivity index (χ0v) is 10.5. The fourth-order valence-corrected chi connectivity index (χ4v) is 1.95. The molecule has 1 aliphatic rings. The zero-order valence-electron chi connectivity index (χ0n) is 10.5. The average Bonchev–Trinajstić information content (AvgIpc) is 2.95. The number of aromatic amines is 1. The number of nitrogens with zero attached hydrogens (tertiary/aromatic N) is 2. The summed E-state index contributed by atoms with van der Waals surface area (Å²) in [5, 5.41) is 9.67. The minimum Gasteiger partial charge on any atom is -0.347 e. The van der Waals surface area contributed by atoms with Crippen LogP contribution in [0.4, 0.5) is 0 Å². The topological polar surface area (TPSA) is 70.7 Å². The molecule has 1 atom stereocenters. The first-order chi connectivity index (χ1) is 8.19. The number of aryl methyl sites for hydroxylation is 1. The molecule has 0 radical (unpaired) electrons. The van der Waals surface area contributed by atoms with Crippen molar-refractivity contribution in [1.82, 2.24) is 20.5 Å². The summed E-state index contributed by atoms with van der Waals surface area (Å²) in [7, 11) is 0.